The van der Waals surface area contributed by atoms with Gasteiger partial charge in [-0.25, -0.2) is 0 Å². The molecule has 2 amide bonds. The second-order valence-electron chi connectivity index (χ2n) is 8.12. The van der Waals surface area contributed by atoms with Crippen molar-refractivity contribution in [2.24, 2.45) is 0 Å². The zero-order chi connectivity index (χ0) is 19.3. The van der Waals surface area contributed by atoms with Crippen molar-refractivity contribution in [2.45, 2.75) is 32.7 Å². The van der Waals surface area contributed by atoms with Crippen LogP contribution in [0.15, 0.2) is 24.3 Å². The molecule has 6 heteroatoms. The summed E-state index contributed by atoms with van der Waals surface area (Å²) in [4.78, 5) is 30.7. The van der Waals surface area contributed by atoms with Gasteiger partial charge in [0.25, 0.3) is 5.91 Å². The van der Waals surface area contributed by atoms with Crippen LogP contribution in [-0.2, 0) is 4.79 Å². The average molecular weight is 361 g/mol. The van der Waals surface area contributed by atoms with Crippen LogP contribution in [-0.4, -0.2) is 78.9 Å². The summed E-state index contributed by atoms with van der Waals surface area (Å²) in [6.45, 7) is 10.9. The third-order valence-corrected chi connectivity index (χ3v) is 4.70. The molecule has 0 radical (unpaired) electrons. The zero-order valence-corrected chi connectivity index (χ0v) is 16.7. The van der Waals surface area contributed by atoms with Crippen LogP contribution in [0.3, 0.4) is 0 Å². The first kappa shape index (κ1) is 20.4. The molecule has 1 aliphatic rings. The van der Waals surface area contributed by atoms with Gasteiger partial charge in [0.05, 0.1) is 6.54 Å². The lowest BCUT2D eigenvalue weighted by molar-refractivity contribution is -0.117. The Morgan fingerprint density at radius 2 is 1.85 bits per heavy atom. The first-order valence-electron chi connectivity index (χ1n) is 9.26. The van der Waals surface area contributed by atoms with Gasteiger partial charge in [0, 0.05) is 44.0 Å². The van der Waals surface area contributed by atoms with E-state index >= 15 is 0 Å². The minimum Gasteiger partial charge on any atom is -0.345 e. The summed E-state index contributed by atoms with van der Waals surface area (Å²) in [6, 6.07) is 7.09. The summed E-state index contributed by atoms with van der Waals surface area (Å²) in [6.07, 6.45) is 1.07. The van der Waals surface area contributed by atoms with Gasteiger partial charge in [-0.3, -0.25) is 19.4 Å². The lowest BCUT2D eigenvalue weighted by Crippen LogP contribution is -2.44. The number of anilines is 1. The Morgan fingerprint density at radius 3 is 2.50 bits per heavy atom. The Morgan fingerprint density at radius 1 is 1.12 bits per heavy atom. The molecule has 26 heavy (non-hydrogen) atoms. The molecule has 0 saturated carbocycles. The van der Waals surface area contributed by atoms with Crippen molar-refractivity contribution in [3.8, 4) is 0 Å². The number of amides is 2. The van der Waals surface area contributed by atoms with E-state index in [1.54, 1.807) is 32.3 Å². The molecule has 6 nitrogen and oxygen atoms in total. The summed E-state index contributed by atoms with van der Waals surface area (Å²) < 4.78 is 0. The maximum Gasteiger partial charge on any atom is 0.253 e. The number of carbonyl (C=O) groups excluding carboxylic acids is 2. The summed E-state index contributed by atoms with van der Waals surface area (Å²) in [5, 5.41) is 2.92. The summed E-state index contributed by atoms with van der Waals surface area (Å²) in [5.41, 5.74) is 1.40. The van der Waals surface area contributed by atoms with E-state index in [1.165, 1.54) is 4.90 Å². The van der Waals surface area contributed by atoms with E-state index in [0.29, 0.717) is 17.8 Å². The van der Waals surface area contributed by atoms with Crippen molar-refractivity contribution in [3.63, 3.8) is 0 Å². The van der Waals surface area contributed by atoms with Gasteiger partial charge in [-0.05, 0) is 58.5 Å². The summed E-state index contributed by atoms with van der Waals surface area (Å²) in [5.74, 6) is -0.112. The van der Waals surface area contributed by atoms with Gasteiger partial charge in [-0.2, -0.15) is 0 Å². The van der Waals surface area contributed by atoms with Crippen molar-refractivity contribution < 1.29 is 9.59 Å². The van der Waals surface area contributed by atoms with Crippen molar-refractivity contribution in [2.75, 3.05) is 52.1 Å². The van der Waals surface area contributed by atoms with E-state index in [1.807, 2.05) is 6.07 Å². The highest BCUT2D eigenvalue weighted by Gasteiger charge is 2.24. The number of hydrogen-bond acceptors (Lipinski definition) is 4. The van der Waals surface area contributed by atoms with E-state index in [4.69, 9.17) is 0 Å². The molecule has 144 valence electrons. The minimum atomic E-state index is -0.0733. The number of carbonyl (C=O) groups is 2. The van der Waals surface area contributed by atoms with E-state index in [2.05, 4.69) is 35.9 Å². The summed E-state index contributed by atoms with van der Waals surface area (Å²) >= 11 is 0. The molecule has 1 N–H and O–H groups in total. The lowest BCUT2D eigenvalue weighted by atomic mass is 10.1. The molecular formula is C20H32N4O2. The molecule has 1 aliphatic heterocycles. The van der Waals surface area contributed by atoms with E-state index in [-0.39, 0.29) is 17.4 Å². The average Bonchev–Trinajstić information content (AvgIpc) is 2.79. The van der Waals surface area contributed by atoms with Crippen molar-refractivity contribution in [3.05, 3.63) is 29.8 Å². The molecule has 0 bridgehead atoms. The first-order valence-corrected chi connectivity index (χ1v) is 9.26. The summed E-state index contributed by atoms with van der Waals surface area (Å²) in [7, 11) is 3.43. The third kappa shape index (κ3) is 5.81. The number of hydrogen-bond donors (Lipinski definition) is 1. The quantitative estimate of drug-likeness (QED) is 0.894. The van der Waals surface area contributed by atoms with E-state index in [9.17, 15) is 9.59 Å². The van der Waals surface area contributed by atoms with Crippen molar-refractivity contribution >= 4 is 17.5 Å². The first-order chi connectivity index (χ1) is 12.2. The maximum absolute atomic E-state index is 12.4. The van der Waals surface area contributed by atoms with Gasteiger partial charge in [-0.15, -0.1) is 0 Å². The monoisotopic (exact) mass is 360 g/mol. The molecular weight excluding hydrogens is 328 g/mol. The fourth-order valence-corrected chi connectivity index (χ4v) is 3.19. The smallest absolute Gasteiger partial charge is 0.253 e. The number of nitrogens with zero attached hydrogens (tertiary/aromatic N) is 3. The van der Waals surface area contributed by atoms with Crippen molar-refractivity contribution in [1.82, 2.24) is 14.7 Å². The SMILES string of the molecule is CN(C)C(=O)c1cccc(NC(=O)CN2CCCN(C(C)(C)C)CC2)c1. The fraction of sp³-hybridized carbons (Fsp3) is 0.600. The highest BCUT2D eigenvalue weighted by molar-refractivity contribution is 5.97. The third-order valence-electron chi connectivity index (χ3n) is 4.70. The van der Waals surface area contributed by atoms with Gasteiger partial charge in [-0.1, -0.05) is 6.07 Å². The highest BCUT2D eigenvalue weighted by atomic mass is 16.2. The predicted molar refractivity (Wildman–Crippen MR) is 105 cm³/mol. The molecule has 1 aromatic carbocycles. The molecule has 0 aromatic heterocycles. The standard InChI is InChI=1S/C20H32N4O2/c1-20(2,3)24-11-7-10-23(12-13-24)15-18(25)21-17-9-6-8-16(14-17)19(26)22(4)5/h6,8-9,14H,7,10-13,15H2,1-5H3,(H,21,25). The molecule has 1 aromatic rings. The van der Waals surface area contributed by atoms with Gasteiger partial charge >= 0.3 is 0 Å². The molecule has 2 rings (SSSR count). The van der Waals surface area contributed by atoms with Gasteiger partial charge in [0.2, 0.25) is 5.91 Å². The number of benzene rings is 1. The Hall–Kier alpha value is -1.92. The molecule has 0 aliphatic carbocycles. The molecule has 1 saturated heterocycles. The zero-order valence-electron chi connectivity index (χ0n) is 16.7. The number of rotatable bonds is 4. The van der Waals surface area contributed by atoms with Gasteiger partial charge in [0.1, 0.15) is 0 Å². The Labute approximate surface area is 157 Å². The van der Waals surface area contributed by atoms with Gasteiger partial charge in [0.15, 0.2) is 0 Å². The fourth-order valence-electron chi connectivity index (χ4n) is 3.19. The molecule has 0 spiro atoms. The van der Waals surface area contributed by atoms with Crippen LogP contribution in [0.5, 0.6) is 0 Å². The number of nitrogens with one attached hydrogen (secondary N) is 1. The molecule has 0 atom stereocenters. The van der Waals surface area contributed by atoms with Crippen LogP contribution in [0.1, 0.15) is 37.6 Å². The predicted octanol–water partition coefficient (Wildman–Crippen LogP) is 2.13. The minimum absolute atomic E-state index is 0.0383. The van der Waals surface area contributed by atoms with Crippen molar-refractivity contribution in [1.29, 1.82) is 0 Å². The van der Waals surface area contributed by atoms with E-state index in [0.717, 1.165) is 32.6 Å². The molecule has 0 unspecified atom stereocenters. The van der Waals surface area contributed by atoms with Crippen LogP contribution in [0.25, 0.3) is 0 Å². The lowest BCUT2D eigenvalue weighted by Gasteiger charge is -2.34. The normalized spacial score (nSPS) is 16.8. The Bertz CT molecular complexity index is 637. The van der Waals surface area contributed by atoms with Crippen LogP contribution in [0, 0.1) is 0 Å². The molecule has 1 fully saturated rings. The second kappa shape index (κ2) is 8.64. The van der Waals surface area contributed by atoms with Gasteiger partial charge < -0.3 is 10.2 Å². The van der Waals surface area contributed by atoms with E-state index < -0.39 is 0 Å². The topological polar surface area (TPSA) is 55.9 Å². The highest BCUT2D eigenvalue weighted by Crippen LogP contribution is 2.16. The van der Waals surface area contributed by atoms with Crippen LogP contribution in [0.2, 0.25) is 0 Å². The van der Waals surface area contributed by atoms with Crippen LogP contribution in [0.4, 0.5) is 5.69 Å². The van der Waals surface area contributed by atoms with Crippen LogP contribution < -0.4 is 5.32 Å². The largest absolute Gasteiger partial charge is 0.345 e. The second-order valence-corrected chi connectivity index (χ2v) is 8.12. The van der Waals surface area contributed by atoms with Crippen LogP contribution >= 0.6 is 0 Å². The maximum atomic E-state index is 12.4. The Kier molecular flexibility index (Phi) is 6.78. The molecule has 1 heterocycles. The Balaban J connectivity index is 1.91.